The number of hydrogen-bond donors (Lipinski definition) is 3. The maximum absolute atomic E-state index is 13.2. The van der Waals surface area contributed by atoms with E-state index in [2.05, 4.69) is 23.8 Å². The molecule has 2 amide bonds. The number of allylic oxidation sites excluding steroid dienone is 2. The van der Waals surface area contributed by atoms with Crippen LogP contribution in [0.4, 0.5) is 0 Å². The molecule has 0 aliphatic rings. The Labute approximate surface area is 272 Å². The van der Waals surface area contributed by atoms with Crippen molar-refractivity contribution in [2.45, 2.75) is 63.7 Å². The summed E-state index contributed by atoms with van der Waals surface area (Å²) in [5.74, 6) is -0.982. The molecule has 0 bridgehead atoms. The smallest absolute Gasteiger partial charge is 0.306 e. The van der Waals surface area contributed by atoms with Crippen molar-refractivity contribution < 1.29 is 29.0 Å². The maximum atomic E-state index is 13.2. The normalized spacial score (nSPS) is 12.6. The zero-order valence-electron chi connectivity index (χ0n) is 26.4. The fourth-order valence-electron chi connectivity index (χ4n) is 4.91. The van der Waals surface area contributed by atoms with Gasteiger partial charge in [-0.3, -0.25) is 14.4 Å². The SMILES string of the molecule is C=CCCCCC(=O)O[C@@H](CNC(=O)[C@H](CC=C)CC(=O)N[C@H](CO)Cc1ccc(OCc2ccccc2)cc1)c1ccccc1. The van der Waals surface area contributed by atoms with Gasteiger partial charge in [-0.15, -0.1) is 13.2 Å². The lowest BCUT2D eigenvalue weighted by atomic mass is 9.98. The number of benzene rings is 3. The number of ether oxygens (including phenoxy) is 2. The van der Waals surface area contributed by atoms with Gasteiger partial charge in [0, 0.05) is 12.8 Å². The van der Waals surface area contributed by atoms with Gasteiger partial charge in [-0.25, -0.2) is 0 Å². The summed E-state index contributed by atoms with van der Waals surface area (Å²) in [6.07, 6.45) is 6.03. The van der Waals surface area contributed by atoms with E-state index >= 15 is 0 Å². The number of esters is 1. The molecule has 3 aromatic rings. The number of amides is 2. The number of nitrogens with one attached hydrogen (secondary N) is 2. The molecule has 0 aromatic heterocycles. The van der Waals surface area contributed by atoms with E-state index in [1.807, 2.05) is 91.0 Å². The highest BCUT2D eigenvalue weighted by atomic mass is 16.5. The van der Waals surface area contributed by atoms with E-state index in [0.717, 1.165) is 35.3 Å². The van der Waals surface area contributed by atoms with Crippen LogP contribution in [0, 0.1) is 5.92 Å². The van der Waals surface area contributed by atoms with E-state index in [0.29, 0.717) is 19.4 Å². The minimum atomic E-state index is -0.677. The zero-order chi connectivity index (χ0) is 33.0. The molecule has 46 heavy (non-hydrogen) atoms. The summed E-state index contributed by atoms with van der Waals surface area (Å²) in [5, 5.41) is 15.7. The van der Waals surface area contributed by atoms with Gasteiger partial charge in [-0.1, -0.05) is 84.9 Å². The molecule has 244 valence electrons. The van der Waals surface area contributed by atoms with Crippen LogP contribution in [0.2, 0.25) is 0 Å². The predicted octanol–water partition coefficient (Wildman–Crippen LogP) is 6.01. The number of aliphatic hydroxyl groups is 1. The molecule has 0 spiro atoms. The highest BCUT2D eigenvalue weighted by Crippen LogP contribution is 2.20. The van der Waals surface area contributed by atoms with Crippen LogP contribution >= 0.6 is 0 Å². The number of aliphatic hydroxyl groups excluding tert-OH is 1. The monoisotopic (exact) mass is 626 g/mol. The fraction of sp³-hybridized carbons (Fsp3) is 0.342. The first-order valence-corrected chi connectivity index (χ1v) is 15.8. The van der Waals surface area contributed by atoms with E-state index < -0.39 is 18.1 Å². The summed E-state index contributed by atoms with van der Waals surface area (Å²) in [5.41, 5.74) is 2.76. The minimum Gasteiger partial charge on any atom is -0.489 e. The molecule has 8 nitrogen and oxygen atoms in total. The van der Waals surface area contributed by atoms with Gasteiger partial charge in [0.25, 0.3) is 0 Å². The second-order valence-corrected chi connectivity index (χ2v) is 11.2. The molecule has 3 N–H and O–H groups in total. The summed E-state index contributed by atoms with van der Waals surface area (Å²) >= 11 is 0. The van der Waals surface area contributed by atoms with Crippen molar-refractivity contribution in [1.82, 2.24) is 10.6 Å². The Hall–Kier alpha value is -4.69. The Morgan fingerprint density at radius 3 is 2.20 bits per heavy atom. The Morgan fingerprint density at radius 2 is 1.54 bits per heavy atom. The molecule has 0 saturated heterocycles. The molecule has 0 heterocycles. The molecular formula is C38H46N2O6. The summed E-state index contributed by atoms with van der Waals surface area (Å²) < 4.78 is 11.6. The van der Waals surface area contributed by atoms with Crippen molar-refractivity contribution in [3.05, 3.63) is 127 Å². The molecular weight excluding hydrogens is 580 g/mol. The van der Waals surface area contributed by atoms with Crippen molar-refractivity contribution in [3.63, 3.8) is 0 Å². The number of carbonyl (C=O) groups is 3. The average Bonchev–Trinajstić information content (AvgIpc) is 3.08. The highest BCUT2D eigenvalue weighted by Gasteiger charge is 2.24. The number of rotatable bonds is 21. The topological polar surface area (TPSA) is 114 Å². The number of unbranched alkanes of at least 4 members (excludes halogenated alkanes) is 2. The van der Waals surface area contributed by atoms with Gasteiger partial charge in [-0.05, 0) is 60.9 Å². The summed E-state index contributed by atoms with van der Waals surface area (Å²) in [6.45, 7) is 7.72. The molecule has 3 rings (SSSR count). The van der Waals surface area contributed by atoms with Gasteiger partial charge < -0.3 is 25.2 Å². The lowest BCUT2D eigenvalue weighted by Crippen LogP contribution is -2.42. The van der Waals surface area contributed by atoms with E-state index in [1.165, 1.54) is 0 Å². The standard InChI is InChI=1S/C38H46N2O6/c1-3-5-6-13-19-37(43)46-35(31-17-11-8-12-18-31)26-39-38(44)32(14-4-2)25-36(42)40-33(27-41)24-29-20-22-34(23-21-29)45-28-30-15-9-7-10-16-30/h3-4,7-12,15-18,20-23,32-33,35,41H,1-2,5-6,13-14,19,24-28H2,(H,39,44)(H,40,42)/t32-,33+,35+/m1/s1. The van der Waals surface area contributed by atoms with E-state index in [1.54, 1.807) is 6.08 Å². The Kier molecular flexibility index (Phi) is 15.8. The quantitative estimate of drug-likeness (QED) is 0.0758. The van der Waals surface area contributed by atoms with E-state index in [4.69, 9.17) is 9.47 Å². The molecule has 3 aromatic carbocycles. The van der Waals surface area contributed by atoms with Crippen LogP contribution < -0.4 is 15.4 Å². The third kappa shape index (κ3) is 13.1. The maximum Gasteiger partial charge on any atom is 0.306 e. The Morgan fingerprint density at radius 1 is 0.848 bits per heavy atom. The molecule has 8 heteroatoms. The molecule has 3 atom stereocenters. The molecule has 0 aliphatic heterocycles. The molecule has 0 radical (unpaired) electrons. The molecule has 0 fully saturated rings. The van der Waals surface area contributed by atoms with Crippen LogP contribution in [0.5, 0.6) is 5.75 Å². The van der Waals surface area contributed by atoms with Gasteiger partial charge >= 0.3 is 5.97 Å². The Balaban J connectivity index is 1.51. The third-order valence-electron chi connectivity index (χ3n) is 7.44. The van der Waals surface area contributed by atoms with Gasteiger partial charge in [-0.2, -0.15) is 0 Å². The Bertz CT molecular complexity index is 1360. The van der Waals surface area contributed by atoms with Crippen molar-refractivity contribution in [1.29, 1.82) is 0 Å². The first kappa shape index (κ1) is 35.8. The van der Waals surface area contributed by atoms with Gasteiger partial charge in [0.1, 0.15) is 18.5 Å². The van der Waals surface area contributed by atoms with Gasteiger partial charge in [0.05, 0.1) is 25.1 Å². The van der Waals surface area contributed by atoms with Crippen molar-refractivity contribution >= 4 is 17.8 Å². The first-order valence-electron chi connectivity index (χ1n) is 15.8. The van der Waals surface area contributed by atoms with Crippen molar-refractivity contribution in [2.24, 2.45) is 5.92 Å². The summed E-state index contributed by atoms with van der Waals surface area (Å²) in [6, 6.07) is 26.1. The molecule has 0 aliphatic carbocycles. The van der Waals surface area contributed by atoms with Crippen LogP contribution in [-0.2, 0) is 32.1 Å². The summed E-state index contributed by atoms with van der Waals surface area (Å²) in [4.78, 5) is 38.7. The molecule has 0 unspecified atom stereocenters. The summed E-state index contributed by atoms with van der Waals surface area (Å²) in [7, 11) is 0. The van der Waals surface area contributed by atoms with E-state index in [9.17, 15) is 19.5 Å². The van der Waals surface area contributed by atoms with E-state index in [-0.39, 0.29) is 50.2 Å². The van der Waals surface area contributed by atoms with Crippen LogP contribution in [-0.4, -0.2) is 42.1 Å². The number of carbonyl (C=O) groups excluding carboxylic acids is 3. The average molecular weight is 627 g/mol. The van der Waals surface area contributed by atoms with Gasteiger partial charge in [0.2, 0.25) is 11.8 Å². The predicted molar refractivity (Wildman–Crippen MR) is 180 cm³/mol. The second kappa shape index (κ2) is 20.4. The van der Waals surface area contributed by atoms with Crippen molar-refractivity contribution in [3.8, 4) is 5.75 Å². The molecule has 0 saturated carbocycles. The highest BCUT2D eigenvalue weighted by molar-refractivity contribution is 5.86. The minimum absolute atomic E-state index is 0.0703. The van der Waals surface area contributed by atoms with Gasteiger partial charge in [0.15, 0.2) is 0 Å². The first-order chi connectivity index (χ1) is 22.4. The van der Waals surface area contributed by atoms with Crippen LogP contribution in [0.3, 0.4) is 0 Å². The van der Waals surface area contributed by atoms with Crippen molar-refractivity contribution in [2.75, 3.05) is 13.2 Å². The lowest BCUT2D eigenvalue weighted by Gasteiger charge is -2.22. The van der Waals surface area contributed by atoms with Crippen LogP contribution in [0.15, 0.2) is 110 Å². The largest absolute Gasteiger partial charge is 0.489 e. The zero-order valence-corrected chi connectivity index (χ0v) is 26.4. The lowest BCUT2D eigenvalue weighted by molar-refractivity contribution is -0.150. The van der Waals surface area contributed by atoms with Crippen LogP contribution in [0.25, 0.3) is 0 Å². The number of hydrogen-bond acceptors (Lipinski definition) is 6. The second-order valence-electron chi connectivity index (χ2n) is 11.2. The third-order valence-corrected chi connectivity index (χ3v) is 7.44. The fourth-order valence-corrected chi connectivity index (χ4v) is 4.91. The van der Waals surface area contributed by atoms with Crippen LogP contribution in [0.1, 0.15) is 61.3 Å².